The summed E-state index contributed by atoms with van der Waals surface area (Å²) >= 11 is 8.76. The Labute approximate surface area is 110 Å². The average Bonchev–Trinajstić information content (AvgIpc) is 2.27. The molecule has 1 aromatic heterocycles. The van der Waals surface area contributed by atoms with Crippen molar-refractivity contribution in [3.63, 3.8) is 0 Å². The van der Waals surface area contributed by atoms with Crippen molar-refractivity contribution in [1.29, 1.82) is 0 Å². The van der Waals surface area contributed by atoms with Crippen LogP contribution in [-0.2, 0) is 21.3 Å². The molecule has 0 aliphatic heterocycles. The third-order valence-corrected chi connectivity index (χ3v) is 2.82. The Morgan fingerprint density at radius 3 is 2.76 bits per heavy atom. The van der Waals surface area contributed by atoms with Gasteiger partial charge in [-0.05, 0) is 11.6 Å². The van der Waals surface area contributed by atoms with E-state index in [9.17, 15) is 13.6 Å². The van der Waals surface area contributed by atoms with E-state index in [1.807, 2.05) is 0 Å². The zero-order valence-corrected chi connectivity index (χ0v) is 11.2. The summed E-state index contributed by atoms with van der Waals surface area (Å²) in [5.41, 5.74) is 0.00405. The molecule has 0 amide bonds. The van der Waals surface area contributed by atoms with E-state index in [4.69, 9.17) is 11.6 Å². The molecule has 1 heterocycles. The standard InChI is InChI=1S/C10H9BrClF2NO2/c1-17-8(16)3-5-2-7(12)15-6(4-11)9(5)10(13)14/h2,10H,3-4H2,1H3. The van der Waals surface area contributed by atoms with Crippen molar-refractivity contribution in [3.05, 3.63) is 28.0 Å². The molecule has 0 fully saturated rings. The Hall–Kier alpha value is -0.750. The van der Waals surface area contributed by atoms with E-state index in [0.29, 0.717) is 0 Å². The molecule has 0 aliphatic carbocycles. The predicted octanol–water partition coefficient (Wildman–Crippen LogP) is 3.28. The summed E-state index contributed by atoms with van der Waals surface area (Å²) < 4.78 is 30.3. The molecule has 0 radical (unpaired) electrons. The number of esters is 1. The van der Waals surface area contributed by atoms with Crippen molar-refractivity contribution in [2.75, 3.05) is 7.11 Å². The van der Waals surface area contributed by atoms with E-state index in [0.717, 1.165) is 0 Å². The summed E-state index contributed by atoms with van der Waals surface area (Å²) in [5, 5.41) is 0.212. The number of methoxy groups -OCH3 is 1. The van der Waals surface area contributed by atoms with E-state index in [-0.39, 0.29) is 33.7 Å². The number of alkyl halides is 3. The molecule has 0 unspecified atom stereocenters. The zero-order chi connectivity index (χ0) is 13.0. The minimum Gasteiger partial charge on any atom is -0.469 e. The van der Waals surface area contributed by atoms with Crippen molar-refractivity contribution in [1.82, 2.24) is 4.98 Å². The number of rotatable bonds is 4. The number of carbonyl (C=O) groups is 1. The fraction of sp³-hybridized carbons (Fsp3) is 0.400. The van der Waals surface area contributed by atoms with Gasteiger partial charge in [-0.3, -0.25) is 4.79 Å². The molecule has 7 heteroatoms. The topological polar surface area (TPSA) is 39.2 Å². The summed E-state index contributed by atoms with van der Waals surface area (Å²) in [6, 6.07) is 1.26. The molecule has 17 heavy (non-hydrogen) atoms. The van der Waals surface area contributed by atoms with Gasteiger partial charge in [0, 0.05) is 10.9 Å². The zero-order valence-electron chi connectivity index (χ0n) is 8.84. The molecular weight excluding hydrogens is 319 g/mol. The van der Waals surface area contributed by atoms with Crippen molar-refractivity contribution in [2.24, 2.45) is 0 Å². The Morgan fingerprint density at radius 1 is 1.65 bits per heavy atom. The monoisotopic (exact) mass is 327 g/mol. The van der Waals surface area contributed by atoms with E-state index >= 15 is 0 Å². The van der Waals surface area contributed by atoms with Crippen LogP contribution in [0.25, 0.3) is 0 Å². The molecule has 0 bridgehead atoms. The van der Waals surface area contributed by atoms with Crippen LogP contribution in [0.5, 0.6) is 0 Å². The van der Waals surface area contributed by atoms with E-state index < -0.39 is 12.4 Å². The average molecular weight is 329 g/mol. The molecule has 0 saturated carbocycles. The first-order chi connectivity index (χ1) is 7.99. The SMILES string of the molecule is COC(=O)Cc1cc(Cl)nc(CBr)c1C(F)F. The van der Waals surface area contributed by atoms with Crippen molar-refractivity contribution < 1.29 is 18.3 Å². The quantitative estimate of drug-likeness (QED) is 0.484. The lowest BCUT2D eigenvalue weighted by Crippen LogP contribution is -2.10. The molecule has 0 atom stereocenters. The van der Waals surface area contributed by atoms with Crippen LogP contribution < -0.4 is 0 Å². The second-order valence-electron chi connectivity index (χ2n) is 3.15. The van der Waals surface area contributed by atoms with Crippen LogP contribution in [0.1, 0.15) is 23.2 Å². The van der Waals surface area contributed by atoms with Crippen molar-refractivity contribution in [2.45, 2.75) is 18.2 Å². The van der Waals surface area contributed by atoms with Gasteiger partial charge in [-0.25, -0.2) is 13.8 Å². The van der Waals surface area contributed by atoms with Gasteiger partial charge in [0.15, 0.2) is 0 Å². The maximum Gasteiger partial charge on any atom is 0.309 e. The fourth-order valence-corrected chi connectivity index (χ4v) is 2.03. The van der Waals surface area contributed by atoms with Gasteiger partial charge in [-0.2, -0.15) is 0 Å². The number of nitrogens with zero attached hydrogens (tertiary/aromatic N) is 1. The highest BCUT2D eigenvalue weighted by molar-refractivity contribution is 9.08. The van der Waals surface area contributed by atoms with Crippen molar-refractivity contribution in [3.8, 4) is 0 Å². The molecule has 1 rings (SSSR count). The number of pyridine rings is 1. The smallest absolute Gasteiger partial charge is 0.309 e. The molecular formula is C10H9BrClF2NO2. The van der Waals surface area contributed by atoms with Gasteiger partial charge in [-0.1, -0.05) is 27.5 Å². The Kier molecular flexibility index (Phi) is 5.27. The van der Waals surface area contributed by atoms with Crippen LogP contribution in [0, 0.1) is 0 Å². The summed E-state index contributed by atoms with van der Waals surface area (Å²) in [6.07, 6.45) is -2.97. The van der Waals surface area contributed by atoms with Crippen molar-refractivity contribution >= 4 is 33.5 Å². The van der Waals surface area contributed by atoms with E-state index in [1.165, 1.54) is 13.2 Å². The minimum atomic E-state index is -2.72. The third-order valence-electron chi connectivity index (χ3n) is 2.10. The Morgan fingerprint density at radius 2 is 2.29 bits per heavy atom. The first-order valence-electron chi connectivity index (χ1n) is 4.58. The number of hydrogen-bond donors (Lipinski definition) is 0. The van der Waals surface area contributed by atoms with Crippen LogP contribution in [0.15, 0.2) is 6.07 Å². The molecule has 0 N–H and O–H groups in total. The van der Waals surface area contributed by atoms with Crippen LogP contribution in [-0.4, -0.2) is 18.1 Å². The van der Waals surface area contributed by atoms with E-state index in [2.05, 4.69) is 25.7 Å². The molecule has 3 nitrogen and oxygen atoms in total. The molecule has 0 aliphatic rings. The normalized spacial score (nSPS) is 10.7. The van der Waals surface area contributed by atoms with E-state index in [1.54, 1.807) is 0 Å². The summed E-state index contributed by atoms with van der Waals surface area (Å²) in [4.78, 5) is 14.9. The molecule has 0 saturated heterocycles. The summed E-state index contributed by atoms with van der Waals surface area (Å²) in [7, 11) is 1.19. The lowest BCUT2D eigenvalue weighted by molar-refractivity contribution is -0.139. The highest BCUT2D eigenvalue weighted by Gasteiger charge is 2.21. The highest BCUT2D eigenvalue weighted by atomic mass is 79.9. The van der Waals surface area contributed by atoms with Gasteiger partial charge in [0.25, 0.3) is 6.43 Å². The largest absolute Gasteiger partial charge is 0.469 e. The summed E-state index contributed by atoms with van der Waals surface area (Å²) in [6.45, 7) is 0. The van der Waals surface area contributed by atoms with Gasteiger partial charge in [-0.15, -0.1) is 0 Å². The lowest BCUT2D eigenvalue weighted by atomic mass is 10.0. The van der Waals surface area contributed by atoms with Gasteiger partial charge in [0.1, 0.15) is 5.15 Å². The number of halogens is 4. The Bertz CT molecular complexity index is 429. The lowest BCUT2D eigenvalue weighted by Gasteiger charge is -2.12. The number of aromatic nitrogens is 1. The van der Waals surface area contributed by atoms with Crippen LogP contribution in [0.4, 0.5) is 8.78 Å². The number of hydrogen-bond acceptors (Lipinski definition) is 3. The fourth-order valence-electron chi connectivity index (χ4n) is 1.37. The molecule has 0 spiro atoms. The maximum atomic E-state index is 12.9. The van der Waals surface area contributed by atoms with Gasteiger partial charge in [0.2, 0.25) is 0 Å². The Balaban J connectivity index is 3.25. The molecule has 0 aromatic carbocycles. The summed E-state index contributed by atoms with van der Waals surface area (Å²) in [5.74, 6) is -0.602. The first-order valence-corrected chi connectivity index (χ1v) is 6.08. The van der Waals surface area contributed by atoms with Crippen LogP contribution in [0.3, 0.4) is 0 Å². The molecule has 94 valence electrons. The third kappa shape index (κ3) is 3.61. The number of carbonyl (C=O) groups excluding carboxylic acids is 1. The predicted molar refractivity (Wildman–Crippen MR) is 62.6 cm³/mol. The van der Waals surface area contributed by atoms with Crippen LogP contribution >= 0.6 is 27.5 Å². The van der Waals surface area contributed by atoms with Gasteiger partial charge < -0.3 is 4.74 Å². The van der Waals surface area contributed by atoms with Gasteiger partial charge in [0.05, 0.1) is 19.2 Å². The highest BCUT2D eigenvalue weighted by Crippen LogP contribution is 2.29. The number of ether oxygens (including phenoxy) is 1. The maximum absolute atomic E-state index is 12.9. The second kappa shape index (κ2) is 6.26. The van der Waals surface area contributed by atoms with Crippen LogP contribution in [0.2, 0.25) is 5.15 Å². The van der Waals surface area contributed by atoms with Gasteiger partial charge >= 0.3 is 5.97 Å². The molecule has 1 aromatic rings. The second-order valence-corrected chi connectivity index (χ2v) is 4.10. The first kappa shape index (κ1) is 14.3. The minimum absolute atomic E-state index is 0.0720.